The smallest absolute Gasteiger partial charge is 0.225 e. The van der Waals surface area contributed by atoms with Gasteiger partial charge in [0, 0.05) is 30.5 Å². The fourth-order valence-corrected chi connectivity index (χ4v) is 2.90. The summed E-state index contributed by atoms with van der Waals surface area (Å²) in [5, 5.41) is -0.187. The van der Waals surface area contributed by atoms with Crippen LogP contribution in [0.25, 0.3) is 11.3 Å². The third-order valence-electron chi connectivity index (χ3n) is 3.32. The predicted molar refractivity (Wildman–Crippen MR) is 73.6 cm³/mol. The molecule has 2 N–H and O–H groups in total. The average molecular weight is 279 g/mol. The first-order valence-corrected chi connectivity index (χ1v) is 6.97. The first-order chi connectivity index (χ1) is 9.15. The van der Waals surface area contributed by atoms with Crippen LogP contribution in [0.1, 0.15) is 19.8 Å². The van der Waals surface area contributed by atoms with Gasteiger partial charge in [0.2, 0.25) is 11.1 Å². The van der Waals surface area contributed by atoms with Crippen LogP contribution >= 0.6 is 11.3 Å². The summed E-state index contributed by atoms with van der Waals surface area (Å²) in [6.07, 6.45) is 5.52. The number of thiazole rings is 1. The number of aromatic nitrogens is 3. The highest BCUT2D eigenvalue weighted by atomic mass is 32.1. The maximum absolute atomic E-state index is 13.6. The molecule has 0 radical (unpaired) electrons. The molecule has 5 nitrogen and oxygen atoms in total. The quantitative estimate of drug-likeness (QED) is 0.913. The molecule has 3 heterocycles. The monoisotopic (exact) mass is 279 g/mol. The molecule has 1 atom stereocenters. The molecule has 0 bridgehead atoms. The fourth-order valence-electron chi connectivity index (χ4n) is 2.32. The molecule has 2 aromatic heterocycles. The first-order valence-electron chi connectivity index (χ1n) is 6.16. The third kappa shape index (κ3) is 2.25. The first kappa shape index (κ1) is 12.3. The van der Waals surface area contributed by atoms with Crippen LogP contribution in [0.3, 0.4) is 0 Å². The molecule has 3 rings (SSSR count). The normalized spacial score (nSPS) is 19.1. The van der Waals surface area contributed by atoms with E-state index in [1.807, 2.05) is 0 Å². The molecule has 1 saturated heterocycles. The lowest BCUT2D eigenvalue weighted by atomic mass is 10.2. The lowest BCUT2D eigenvalue weighted by Gasteiger charge is -2.20. The van der Waals surface area contributed by atoms with Crippen LogP contribution in [0, 0.1) is 5.13 Å². The van der Waals surface area contributed by atoms with Crippen LogP contribution < -0.4 is 10.6 Å². The van der Waals surface area contributed by atoms with Crippen molar-refractivity contribution in [1.82, 2.24) is 15.0 Å². The second-order valence-corrected chi connectivity index (χ2v) is 5.61. The topological polar surface area (TPSA) is 67.9 Å². The van der Waals surface area contributed by atoms with E-state index in [0.29, 0.717) is 17.6 Å². The zero-order valence-electron chi connectivity index (χ0n) is 10.5. The molecule has 2 aromatic rings. The minimum Gasteiger partial charge on any atom is -0.375 e. The second-order valence-electron chi connectivity index (χ2n) is 4.63. The highest BCUT2D eigenvalue weighted by Gasteiger charge is 2.22. The van der Waals surface area contributed by atoms with Crippen molar-refractivity contribution in [3.63, 3.8) is 0 Å². The van der Waals surface area contributed by atoms with E-state index < -0.39 is 5.13 Å². The summed E-state index contributed by atoms with van der Waals surface area (Å²) in [6, 6.07) is 0.456. The number of hydrogen-bond acceptors (Lipinski definition) is 6. The molecule has 100 valence electrons. The summed E-state index contributed by atoms with van der Waals surface area (Å²) < 4.78 is 13.6. The van der Waals surface area contributed by atoms with Crippen molar-refractivity contribution in [2.45, 2.75) is 25.8 Å². The number of nitrogens with two attached hydrogens (primary N) is 1. The minimum absolute atomic E-state index is 0.213. The van der Waals surface area contributed by atoms with E-state index >= 15 is 0 Å². The Bertz CT molecular complexity index is 582. The van der Waals surface area contributed by atoms with Gasteiger partial charge in [0.05, 0.1) is 0 Å². The Labute approximate surface area is 114 Å². The molecule has 0 spiro atoms. The molecule has 19 heavy (non-hydrogen) atoms. The minimum atomic E-state index is -0.400. The van der Waals surface area contributed by atoms with Crippen LogP contribution in [0.5, 0.6) is 0 Å². The van der Waals surface area contributed by atoms with Crippen molar-refractivity contribution in [1.29, 1.82) is 0 Å². The molecule has 1 unspecified atom stereocenters. The van der Waals surface area contributed by atoms with Gasteiger partial charge in [-0.1, -0.05) is 11.3 Å². The van der Waals surface area contributed by atoms with Gasteiger partial charge in [-0.15, -0.1) is 0 Å². The number of halogens is 1. The Balaban J connectivity index is 1.88. The van der Waals surface area contributed by atoms with Gasteiger partial charge in [0.1, 0.15) is 5.69 Å². The SMILES string of the molecule is CC1CCCN1c1ncc(-c2nc(N)sc2F)cn1. The van der Waals surface area contributed by atoms with Gasteiger partial charge in [0.25, 0.3) is 0 Å². The Morgan fingerprint density at radius 3 is 2.68 bits per heavy atom. The number of anilines is 2. The van der Waals surface area contributed by atoms with Gasteiger partial charge < -0.3 is 10.6 Å². The molecule has 1 fully saturated rings. The predicted octanol–water partition coefficient (Wildman–Crippen LogP) is 2.31. The van der Waals surface area contributed by atoms with E-state index in [-0.39, 0.29) is 10.8 Å². The highest BCUT2D eigenvalue weighted by molar-refractivity contribution is 7.14. The lowest BCUT2D eigenvalue weighted by Crippen LogP contribution is -2.28. The van der Waals surface area contributed by atoms with Crippen LogP contribution in [0.4, 0.5) is 15.5 Å². The van der Waals surface area contributed by atoms with Crippen molar-refractivity contribution in [3.8, 4) is 11.3 Å². The van der Waals surface area contributed by atoms with Crippen molar-refractivity contribution >= 4 is 22.4 Å². The number of hydrogen-bond donors (Lipinski definition) is 1. The summed E-state index contributed by atoms with van der Waals surface area (Å²) in [5.74, 6) is 0.692. The Kier molecular flexibility index (Phi) is 3.06. The Morgan fingerprint density at radius 2 is 2.16 bits per heavy atom. The number of rotatable bonds is 2. The molecular formula is C12H14FN5S. The van der Waals surface area contributed by atoms with E-state index in [4.69, 9.17) is 5.73 Å². The van der Waals surface area contributed by atoms with Crippen molar-refractivity contribution < 1.29 is 4.39 Å². The summed E-state index contributed by atoms with van der Waals surface area (Å²) >= 11 is 0.828. The molecule has 0 saturated carbocycles. The molecule has 0 aromatic carbocycles. The maximum Gasteiger partial charge on any atom is 0.225 e. The van der Waals surface area contributed by atoms with Gasteiger partial charge in [-0.2, -0.15) is 4.39 Å². The summed E-state index contributed by atoms with van der Waals surface area (Å²) in [7, 11) is 0. The molecule has 1 aliphatic rings. The number of nitrogen functional groups attached to an aromatic ring is 1. The Hall–Kier alpha value is -1.76. The van der Waals surface area contributed by atoms with Crippen LogP contribution in [-0.4, -0.2) is 27.5 Å². The van der Waals surface area contributed by atoms with E-state index in [0.717, 1.165) is 30.7 Å². The second kappa shape index (κ2) is 4.73. The zero-order chi connectivity index (χ0) is 13.4. The third-order valence-corrected chi connectivity index (χ3v) is 4.00. The molecule has 0 aliphatic carbocycles. The van der Waals surface area contributed by atoms with Gasteiger partial charge in [-0.25, -0.2) is 15.0 Å². The number of nitrogens with zero attached hydrogens (tertiary/aromatic N) is 4. The van der Waals surface area contributed by atoms with Crippen molar-refractivity contribution in [2.24, 2.45) is 0 Å². The van der Waals surface area contributed by atoms with Crippen LogP contribution in [0.2, 0.25) is 0 Å². The summed E-state index contributed by atoms with van der Waals surface area (Å²) in [5.41, 5.74) is 6.26. The molecule has 0 amide bonds. The van der Waals surface area contributed by atoms with Gasteiger partial charge in [-0.3, -0.25) is 0 Å². The Morgan fingerprint density at radius 1 is 1.42 bits per heavy atom. The largest absolute Gasteiger partial charge is 0.375 e. The van der Waals surface area contributed by atoms with Crippen molar-refractivity contribution in [3.05, 3.63) is 17.5 Å². The molecule has 1 aliphatic heterocycles. The van der Waals surface area contributed by atoms with Crippen molar-refractivity contribution in [2.75, 3.05) is 17.2 Å². The molecule has 7 heteroatoms. The van der Waals surface area contributed by atoms with E-state index in [2.05, 4.69) is 26.8 Å². The van der Waals surface area contributed by atoms with Gasteiger partial charge in [-0.05, 0) is 19.8 Å². The van der Waals surface area contributed by atoms with E-state index in [1.54, 1.807) is 12.4 Å². The van der Waals surface area contributed by atoms with E-state index in [9.17, 15) is 4.39 Å². The summed E-state index contributed by atoms with van der Waals surface area (Å²) in [4.78, 5) is 14.7. The summed E-state index contributed by atoms with van der Waals surface area (Å²) in [6.45, 7) is 3.13. The standard InChI is InChI=1S/C12H14FN5S/c1-7-3-2-4-18(7)12-15-5-8(6-16-12)9-10(13)19-11(14)17-9/h5-7H,2-4H2,1H3,(H2,14,17). The average Bonchev–Trinajstić information content (AvgIpc) is 2.96. The zero-order valence-corrected chi connectivity index (χ0v) is 11.3. The van der Waals surface area contributed by atoms with Crippen LogP contribution in [-0.2, 0) is 0 Å². The van der Waals surface area contributed by atoms with Crippen LogP contribution in [0.15, 0.2) is 12.4 Å². The van der Waals surface area contributed by atoms with E-state index in [1.165, 1.54) is 0 Å². The van der Waals surface area contributed by atoms with Gasteiger partial charge in [0.15, 0.2) is 5.13 Å². The maximum atomic E-state index is 13.6. The fraction of sp³-hybridized carbons (Fsp3) is 0.417. The molecular weight excluding hydrogens is 265 g/mol. The van der Waals surface area contributed by atoms with Gasteiger partial charge >= 0.3 is 0 Å². The highest BCUT2D eigenvalue weighted by Crippen LogP contribution is 2.28. The lowest BCUT2D eigenvalue weighted by molar-refractivity contribution is 0.657.